The summed E-state index contributed by atoms with van der Waals surface area (Å²) in [5.41, 5.74) is 2.27. The monoisotopic (exact) mass is 357 g/mol. The summed E-state index contributed by atoms with van der Waals surface area (Å²) in [6.45, 7) is 15.5. The van der Waals surface area contributed by atoms with Crippen molar-refractivity contribution in [3.05, 3.63) is 11.3 Å². The van der Waals surface area contributed by atoms with Crippen LogP contribution in [0.15, 0.2) is 5.16 Å². The molecule has 1 aromatic rings. The standard InChI is InChI=1S/C15H27N3OS.2C2H6/c1-5-12(10-19)8-7-9-16-14-11(3)13(6-2)17-15(18-14)20-4;2*1-2/h12,19H,5-10H2,1-4H3,(H,16,17,18);2*1-2H3. The van der Waals surface area contributed by atoms with Crippen LogP contribution in [0.2, 0.25) is 0 Å². The van der Waals surface area contributed by atoms with Crippen LogP contribution in [-0.4, -0.2) is 34.5 Å². The number of nitrogens with zero attached hydrogens (tertiary/aromatic N) is 2. The van der Waals surface area contributed by atoms with Crippen LogP contribution < -0.4 is 5.32 Å². The van der Waals surface area contributed by atoms with E-state index in [0.29, 0.717) is 12.5 Å². The van der Waals surface area contributed by atoms with E-state index in [0.717, 1.165) is 54.5 Å². The summed E-state index contributed by atoms with van der Waals surface area (Å²) in [6, 6.07) is 0. The predicted molar refractivity (Wildman–Crippen MR) is 109 cm³/mol. The van der Waals surface area contributed by atoms with E-state index in [2.05, 4.69) is 36.1 Å². The minimum absolute atomic E-state index is 0.291. The third-order valence-corrected chi connectivity index (χ3v) is 4.21. The van der Waals surface area contributed by atoms with E-state index < -0.39 is 0 Å². The van der Waals surface area contributed by atoms with Crippen molar-refractivity contribution in [2.75, 3.05) is 24.7 Å². The van der Waals surface area contributed by atoms with Crippen LogP contribution in [0, 0.1) is 12.8 Å². The Hall–Kier alpha value is -0.810. The Labute approximate surface area is 154 Å². The van der Waals surface area contributed by atoms with Gasteiger partial charge in [0.25, 0.3) is 0 Å². The lowest BCUT2D eigenvalue weighted by Gasteiger charge is -2.14. The van der Waals surface area contributed by atoms with Crippen LogP contribution in [0.4, 0.5) is 5.82 Å². The molecule has 24 heavy (non-hydrogen) atoms. The van der Waals surface area contributed by atoms with Gasteiger partial charge in [0.15, 0.2) is 5.16 Å². The fourth-order valence-corrected chi connectivity index (χ4v) is 2.55. The van der Waals surface area contributed by atoms with Gasteiger partial charge in [-0.25, -0.2) is 9.97 Å². The highest BCUT2D eigenvalue weighted by molar-refractivity contribution is 7.98. The number of aromatic nitrogens is 2. The first kappa shape index (κ1) is 25.4. The van der Waals surface area contributed by atoms with Crippen molar-refractivity contribution in [1.29, 1.82) is 0 Å². The number of hydrogen-bond acceptors (Lipinski definition) is 5. The van der Waals surface area contributed by atoms with Crippen molar-refractivity contribution in [3.8, 4) is 0 Å². The van der Waals surface area contributed by atoms with Gasteiger partial charge in [-0.2, -0.15) is 0 Å². The van der Waals surface area contributed by atoms with Crippen molar-refractivity contribution in [2.24, 2.45) is 5.92 Å². The third-order valence-electron chi connectivity index (χ3n) is 3.66. The first-order chi connectivity index (χ1) is 11.7. The molecular weight excluding hydrogens is 318 g/mol. The molecule has 0 amide bonds. The Morgan fingerprint density at radius 2 is 1.75 bits per heavy atom. The van der Waals surface area contributed by atoms with Crippen molar-refractivity contribution < 1.29 is 5.11 Å². The normalized spacial score (nSPS) is 10.9. The van der Waals surface area contributed by atoms with E-state index in [1.54, 1.807) is 11.8 Å². The Bertz CT molecular complexity index is 410. The van der Waals surface area contributed by atoms with Gasteiger partial charge < -0.3 is 10.4 Å². The predicted octanol–water partition coefficient (Wildman–Crippen LogP) is 5.33. The smallest absolute Gasteiger partial charge is 0.189 e. The van der Waals surface area contributed by atoms with E-state index >= 15 is 0 Å². The first-order valence-corrected chi connectivity index (χ1v) is 10.6. The Balaban J connectivity index is 0. The largest absolute Gasteiger partial charge is 0.396 e. The van der Waals surface area contributed by atoms with Gasteiger partial charge in [0.1, 0.15) is 5.82 Å². The molecule has 0 fully saturated rings. The van der Waals surface area contributed by atoms with Crippen LogP contribution in [0.3, 0.4) is 0 Å². The topological polar surface area (TPSA) is 58.0 Å². The number of nitrogens with one attached hydrogen (secondary N) is 1. The zero-order valence-electron chi connectivity index (χ0n) is 17.1. The summed E-state index contributed by atoms with van der Waals surface area (Å²) in [5.74, 6) is 1.38. The molecular formula is C19H39N3OS. The van der Waals surface area contributed by atoms with E-state index in [1.165, 1.54) is 0 Å². The molecule has 0 saturated carbocycles. The quantitative estimate of drug-likeness (QED) is 0.355. The van der Waals surface area contributed by atoms with Crippen molar-refractivity contribution in [3.63, 3.8) is 0 Å². The second-order valence-electron chi connectivity index (χ2n) is 5.01. The number of hydrogen-bond donors (Lipinski definition) is 2. The van der Waals surface area contributed by atoms with Crippen LogP contribution in [0.5, 0.6) is 0 Å². The molecule has 0 aliphatic heterocycles. The fraction of sp³-hybridized carbons (Fsp3) is 0.789. The minimum Gasteiger partial charge on any atom is -0.396 e. The molecule has 142 valence electrons. The van der Waals surface area contributed by atoms with Gasteiger partial charge >= 0.3 is 0 Å². The number of aliphatic hydroxyl groups excluding tert-OH is 1. The van der Waals surface area contributed by atoms with Gasteiger partial charge in [-0.3, -0.25) is 0 Å². The molecule has 1 atom stereocenters. The molecule has 1 heterocycles. The third kappa shape index (κ3) is 9.48. The maximum Gasteiger partial charge on any atom is 0.189 e. The Morgan fingerprint density at radius 3 is 2.21 bits per heavy atom. The highest BCUT2D eigenvalue weighted by Crippen LogP contribution is 2.20. The molecule has 1 aromatic heterocycles. The van der Waals surface area contributed by atoms with Gasteiger partial charge in [0.05, 0.1) is 0 Å². The minimum atomic E-state index is 0.291. The molecule has 0 aliphatic carbocycles. The molecule has 0 radical (unpaired) electrons. The molecule has 4 nitrogen and oxygen atoms in total. The molecule has 5 heteroatoms. The summed E-state index contributed by atoms with van der Waals surface area (Å²) in [6.07, 6.45) is 6.08. The summed E-state index contributed by atoms with van der Waals surface area (Å²) in [5, 5.41) is 13.4. The number of rotatable bonds is 9. The highest BCUT2D eigenvalue weighted by atomic mass is 32.2. The second kappa shape index (κ2) is 17.0. The average molecular weight is 358 g/mol. The summed E-state index contributed by atoms with van der Waals surface area (Å²) in [4.78, 5) is 9.08. The first-order valence-electron chi connectivity index (χ1n) is 9.42. The number of thioether (sulfide) groups is 1. The second-order valence-corrected chi connectivity index (χ2v) is 5.78. The van der Waals surface area contributed by atoms with E-state index in [-0.39, 0.29) is 0 Å². The van der Waals surface area contributed by atoms with Gasteiger partial charge in [0, 0.05) is 24.4 Å². The number of anilines is 1. The summed E-state index contributed by atoms with van der Waals surface area (Å²) in [7, 11) is 0. The molecule has 0 aliphatic rings. The Kier molecular flexibility index (Phi) is 18.0. The lowest BCUT2D eigenvalue weighted by atomic mass is 10.0. The SMILES string of the molecule is CC.CC.CCc1nc(SC)nc(NCCCC(CC)CO)c1C. The van der Waals surface area contributed by atoms with E-state index in [4.69, 9.17) is 0 Å². The van der Waals surface area contributed by atoms with Crippen LogP contribution >= 0.6 is 11.8 Å². The molecule has 0 bridgehead atoms. The molecule has 1 unspecified atom stereocenters. The van der Waals surface area contributed by atoms with E-state index in [9.17, 15) is 5.11 Å². The van der Waals surface area contributed by atoms with Crippen molar-refractivity contribution in [1.82, 2.24) is 9.97 Å². The molecule has 0 saturated heterocycles. The summed E-state index contributed by atoms with van der Waals surface area (Å²) >= 11 is 1.58. The van der Waals surface area contributed by atoms with Crippen LogP contribution in [0.1, 0.15) is 72.1 Å². The highest BCUT2D eigenvalue weighted by Gasteiger charge is 2.09. The maximum atomic E-state index is 9.18. The molecule has 2 N–H and O–H groups in total. The van der Waals surface area contributed by atoms with Gasteiger partial charge in [-0.05, 0) is 38.4 Å². The zero-order chi connectivity index (χ0) is 19.0. The lowest BCUT2D eigenvalue weighted by Crippen LogP contribution is -2.11. The lowest BCUT2D eigenvalue weighted by molar-refractivity contribution is 0.213. The number of aliphatic hydroxyl groups is 1. The van der Waals surface area contributed by atoms with Gasteiger partial charge in [-0.1, -0.05) is 59.7 Å². The van der Waals surface area contributed by atoms with Crippen LogP contribution in [0.25, 0.3) is 0 Å². The zero-order valence-corrected chi connectivity index (χ0v) is 17.9. The van der Waals surface area contributed by atoms with E-state index in [1.807, 2.05) is 34.0 Å². The number of aryl methyl sites for hydroxylation is 1. The molecule has 0 aromatic carbocycles. The fourth-order valence-electron chi connectivity index (χ4n) is 2.17. The average Bonchev–Trinajstić information content (AvgIpc) is 2.66. The van der Waals surface area contributed by atoms with Crippen molar-refractivity contribution in [2.45, 2.75) is 79.3 Å². The summed E-state index contributed by atoms with van der Waals surface area (Å²) < 4.78 is 0. The maximum absolute atomic E-state index is 9.18. The van der Waals surface area contributed by atoms with Crippen molar-refractivity contribution >= 4 is 17.6 Å². The Morgan fingerprint density at radius 1 is 1.12 bits per heavy atom. The van der Waals surface area contributed by atoms with Gasteiger partial charge in [-0.15, -0.1) is 0 Å². The van der Waals surface area contributed by atoms with Gasteiger partial charge in [0.2, 0.25) is 0 Å². The molecule has 0 spiro atoms. The molecule has 1 rings (SSSR count). The van der Waals surface area contributed by atoms with Crippen LogP contribution in [-0.2, 0) is 6.42 Å².